The number of benzene rings is 1. The number of cyclic esters (lactones) is 1. The van der Waals surface area contributed by atoms with Gasteiger partial charge in [0.25, 0.3) is 0 Å². The maximum Gasteiger partial charge on any atom is 0.306 e. The molecule has 0 radical (unpaired) electrons. The lowest BCUT2D eigenvalue weighted by Gasteiger charge is -2.44. The number of nitrogens with zero attached hydrogens (tertiary/aromatic N) is 1. The van der Waals surface area contributed by atoms with Crippen LogP contribution in [0.15, 0.2) is 35.9 Å². The number of likely N-dealkylation sites (N-methyl/N-ethyl adjacent to an activating group) is 1. The smallest absolute Gasteiger partial charge is 0.306 e. The third-order valence-corrected chi connectivity index (χ3v) is 16.2. The van der Waals surface area contributed by atoms with Crippen LogP contribution in [0.3, 0.4) is 0 Å². The molecule has 2 aromatic rings. The average molecular weight is 865 g/mol. The summed E-state index contributed by atoms with van der Waals surface area (Å²) < 4.78 is 50.5. The number of carbonyl (C=O) groups excluding carboxylic acids is 2. The Hall–Kier alpha value is -2.59. The van der Waals surface area contributed by atoms with Crippen LogP contribution in [-0.4, -0.2) is 113 Å². The predicted molar refractivity (Wildman–Crippen MR) is 231 cm³/mol. The fourth-order valence-corrected chi connectivity index (χ4v) is 13.0. The Morgan fingerprint density at radius 1 is 0.902 bits per heavy atom. The molecular formula is C48H68N2O10S. The number of methoxy groups -OCH3 is 3. The Bertz CT molecular complexity index is 1890. The van der Waals surface area contributed by atoms with Crippen molar-refractivity contribution in [2.45, 2.75) is 172 Å². The fraction of sp³-hybridized carbons (Fsp3) is 0.729. The first kappa shape index (κ1) is 45.0. The van der Waals surface area contributed by atoms with Crippen LogP contribution in [0.25, 0.3) is 10.6 Å². The summed E-state index contributed by atoms with van der Waals surface area (Å²) >= 11 is 1.75. The van der Waals surface area contributed by atoms with Crippen LogP contribution in [0.2, 0.25) is 0 Å². The highest BCUT2D eigenvalue weighted by molar-refractivity contribution is 7.15. The SMILES string of the molecule is CC[C@H]1CCC[C@H](O[C@H]2CC[C@H](NC)C(C)O2)[C@@H](C)C(=O)C2=C[C@@H]3C(c4nc(-c5cccc(C)c5)sc4C4C[C@@H](O[C@@H]5OC(C)[C@H](OC)C(OC)[C@@H]5OC)C[C@H]43)[C@@H]2CC(=O)O1. The van der Waals surface area contributed by atoms with E-state index in [9.17, 15) is 4.79 Å². The number of thiazole rings is 1. The number of aromatic nitrogens is 1. The molecule has 6 aliphatic rings. The Kier molecular flexibility index (Phi) is 14.2. The molecule has 3 aliphatic heterocycles. The van der Waals surface area contributed by atoms with E-state index in [-0.39, 0.29) is 103 Å². The number of hydrogen-bond acceptors (Lipinski definition) is 13. The van der Waals surface area contributed by atoms with Crippen molar-refractivity contribution in [2.24, 2.45) is 23.7 Å². The molecule has 3 aliphatic carbocycles. The monoisotopic (exact) mass is 864 g/mol. The number of fused-ring (bicyclic) bond motifs is 8. The van der Waals surface area contributed by atoms with Gasteiger partial charge in [0, 0.05) is 61.5 Å². The molecule has 13 heteroatoms. The van der Waals surface area contributed by atoms with Gasteiger partial charge in [-0.25, -0.2) is 4.98 Å². The van der Waals surface area contributed by atoms with E-state index in [1.807, 2.05) is 20.9 Å². The van der Waals surface area contributed by atoms with Gasteiger partial charge in [0.15, 0.2) is 18.4 Å². The summed E-state index contributed by atoms with van der Waals surface area (Å²) in [7, 11) is 6.96. The normalized spacial score (nSPS) is 40.5. The molecule has 0 spiro atoms. The molecule has 0 bridgehead atoms. The highest BCUT2D eigenvalue weighted by Crippen LogP contribution is 2.63. The van der Waals surface area contributed by atoms with Crippen molar-refractivity contribution in [3.05, 3.63) is 52.0 Å². The van der Waals surface area contributed by atoms with Gasteiger partial charge in [0.05, 0.1) is 36.5 Å². The van der Waals surface area contributed by atoms with E-state index >= 15 is 4.79 Å². The second-order valence-corrected chi connectivity index (χ2v) is 19.5. The number of ketones is 1. The van der Waals surface area contributed by atoms with E-state index in [0.717, 1.165) is 61.2 Å². The van der Waals surface area contributed by atoms with Crippen molar-refractivity contribution >= 4 is 23.1 Å². The van der Waals surface area contributed by atoms with Gasteiger partial charge in [-0.1, -0.05) is 43.7 Å². The maximum absolute atomic E-state index is 15.2. The van der Waals surface area contributed by atoms with Gasteiger partial charge in [0.1, 0.15) is 29.4 Å². The van der Waals surface area contributed by atoms with Gasteiger partial charge < -0.3 is 43.2 Å². The van der Waals surface area contributed by atoms with Gasteiger partial charge >= 0.3 is 5.97 Å². The van der Waals surface area contributed by atoms with Crippen molar-refractivity contribution in [2.75, 3.05) is 28.4 Å². The van der Waals surface area contributed by atoms with E-state index < -0.39 is 18.3 Å². The molecule has 17 atom stereocenters. The molecule has 1 aromatic heterocycles. The molecule has 8 rings (SSSR count). The average Bonchev–Trinajstić information content (AvgIpc) is 3.97. The first-order chi connectivity index (χ1) is 29.5. The molecule has 0 amide bonds. The van der Waals surface area contributed by atoms with Gasteiger partial charge in [-0.2, -0.15) is 0 Å². The number of carbonyl (C=O) groups is 2. The lowest BCUT2D eigenvalue weighted by atomic mass is 9.67. The molecule has 12 nitrogen and oxygen atoms in total. The summed E-state index contributed by atoms with van der Waals surface area (Å²) in [4.78, 5) is 35.9. The van der Waals surface area contributed by atoms with Crippen molar-refractivity contribution in [1.29, 1.82) is 0 Å². The van der Waals surface area contributed by atoms with E-state index in [2.05, 4.69) is 56.4 Å². The zero-order valence-electron chi connectivity index (χ0n) is 37.5. The quantitative estimate of drug-likeness (QED) is 0.235. The molecule has 4 fully saturated rings. The minimum atomic E-state index is -0.654. The van der Waals surface area contributed by atoms with E-state index in [1.54, 1.807) is 32.7 Å². The second-order valence-electron chi connectivity index (χ2n) is 18.5. The van der Waals surface area contributed by atoms with E-state index in [0.29, 0.717) is 12.0 Å². The molecule has 1 N–H and O–H groups in total. The molecule has 3 saturated heterocycles. The molecule has 4 heterocycles. The van der Waals surface area contributed by atoms with Crippen LogP contribution in [-0.2, 0) is 47.5 Å². The van der Waals surface area contributed by atoms with Crippen LogP contribution in [0, 0.1) is 30.6 Å². The molecule has 336 valence electrons. The molecule has 5 unspecified atom stereocenters. The van der Waals surface area contributed by atoms with Crippen LogP contribution in [0.5, 0.6) is 0 Å². The Balaban J connectivity index is 1.15. The summed E-state index contributed by atoms with van der Waals surface area (Å²) in [5.41, 5.74) is 3.96. The van der Waals surface area contributed by atoms with Gasteiger partial charge in [-0.3, -0.25) is 9.59 Å². The van der Waals surface area contributed by atoms with Crippen LogP contribution < -0.4 is 5.32 Å². The minimum Gasteiger partial charge on any atom is -0.462 e. The first-order valence-corrected chi connectivity index (χ1v) is 23.7. The maximum atomic E-state index is 15.2. The summed E-state index contributed by atoms with van der Waals surface area (Å²) in [5, 5.41) is 4.32. The molecular weight excluding hydrogens is 797 g/mol. The predicted octanol–water partition coefficient (Wildman–Crippen LogP) is 7.66. The largest absolute Gasteiger partial charge is 0.462 e. The van der Waals surface area contributed by atoms with Gasteiger partial charge in [0.2, 0.25) is 0 Å². The zero-order chi connectivity index (χ0) is 43.1. The Morgan fingerprint density at radius 3 is 2.39 bits per heavy atom. The standard InChI is InChI=1S/C48H68N2O10S/c1-10-29-15-12-16-37(60-39-18-17-36(49-6)26(4)56-39)25(3)42(52)34-22-32-31-20-30(59-48-45(55-9)44(54-8)43(53-7)27(5)57-48)21-35(31)46-41(40(32)33(34)23-38(51)58-29)50-47(61-46)28-14-11-13-24(2)19-28/h11,13-14,19,22,25-27,29-33,35-37,39-40,43-45,48-49H,10,12,15-18,20-21,23H2,1-9H3/t25-,26?,27?,29+,30+,31+,32+,33-,35?,36+,37+,39+,40?,43+,44?,45+,48+/m1/s1. The van der Waals surface area contributed by atoms with Gasteiger partial charge in [-0.05, 0) is 103 Å². The number of aryl methyl sites for hydroxylation is 1. The first-order valence-electron chi connectivity index (χ1n) is 22.9. The Labute approximate surface area is 366 Å². The molecule has 61 heavy (non-hydrogen) atoms. The number of esters is 1. The van der Waals surface area contributed by atoms with Crippen LogP contribution in [0.1, 0.15) is 113 Å². The lowest BCUT2D eigenvalue weighted by molar-refractivity contribution is -0.314. The molecule has 1 saturated carbocycles. The second kappa shape index (κ2) is 19.3. The number of hydrogen-bond donors (Lipinski definition) is 1. The fourth-order valence-electron chi connectivity index (χ4n) is 11.7. The Morgan fingerprint density at radius 2 is 1.69 bits per heavy atom. The van der Waals surface area contributed by atoms with Crippen molar-refractivity contribution in [3.63, 3.8) is 0 Å². The number of ether oxygens (including phenoxy) is 8. The number of Topliss-reactive ketones (excluding diaryl/α,β-unsaturated/α-hetero) is 1. The van der Waals surface area contributed by atoms with E-state index in [1.165, 1.54) is 10.4 Å². The summed E-state index contributed by atoms with van der Waals surface area (Å²) in [6.45, 7) is 10.2. The number of allylic oxidation sites excluding steroid dienone is 2. The van der Waals surface area contributed by atoms with Crippen molar-refractivity contribution < 1.29 is 47.5 Å². The minimum absolute atomic E-state index is 0.00349. The highest BCUT2D eigenvalue weighted by atomic mass is 32.1. The summed E-state index contributed by atoms with van der Waals surface area (Å²) in [5.74, 6) is -0.896. The zero-order valence-corrected chi connectivity index (χ0v) is 38.3. The van der Waals surface area contributed by atoms with Crippen LogP contribution >= 0.6 is 11.3 Å². The van der Waals surface area contributed by atoms with Gasteiger partial charge in [-0.15, -0.1) is 11.3 Å². The van der Waals surface area contributed by atoms with E-state index in [4.69, 9.17) is 42.9 Å². The topological polar surface area (TPSA) is 133 Å². The van der Waals surface area contributed by atoms with Crippen molar-refractivity contribution in [3.8, 4) is 10.6 Å². The third-order valence-electron chi connectivity index (χ3n) is 14.9. The summed E-state index contributed by atoms with van der Waals surface area (Å²) in [6, 6.07) is 8.75. The lowest BCUT2D eigenvalue weighted by Crippen LogP contribution is -2.59. The molecule has 1 aromatic carbocycles. The summed E-state index contributed by atoms with van der Waals surface area (Å²) in [6.07, 6.45) is 5.33. The third kappa shape index (κ3) is 8.94. The number of rotatable bonds is 10. The van der Waals surface area contributed by atoms with Crippen LogP contribution in [0.4, 0.5) is 0 Å². The number of nitrogens with one attached hydrogen (secondary N) is 1. The van der Waals surface area contributed by atoms with Crippen molar-refractivity contribution in [1.82, 2.24) is 10.3 Å². The highest BCUT2D eigenvalue weighted by Gasteiger charge is 2.57.